The second-order valence-electron chi connectivity index (χ2n) is 5.53. The van der Waals surface area contributed by atoms with Gasteiger partial charge in [0, 0.05) is 26.0 Å². The number of carbonyl (C=O) groups excluding carboxylic acids is 2. The fourth-order valence-corrected chi connectivity index (χ4v) is 3.24. The van der Waals surface area contributed by atoms with E-state index in [4.69, 9.17) is 0 Å². The molecule has 2 aliphatic rings. The van der Waals surface area contributed by atoms with E-state index in [0.29, 0.717) is 13.0 Å². The molecule has 1 aromatic heterocycles. The predicted octanol–water partition coefficient (Wildman–Crippen LogP) is 0.532. The van der Waals surface area contributed by atoms with E-state index in [-0.39, 0.29) is 23.9 Å². The molecule has 2 saturated heterocycles. The summed E-state index contributed by atoms with van der Waals surface area (Å²) in [4.78, 5) is 32.9. The molecular weight excluding hydrogens is 256 g/mol. The standard InChI is InChI=1S/C14H20N4O2/c1-3-10-13(19)17-7-4-5-11(17)14(20)18(10)9-12-15-6-8-16(12)2/h6,8,10-11H,3-5,7,9H2,1-2H3. The predicted molar refractivity (Wildman–Crippen MR) is 72.6 cm³/mol. The molecule has 3 heterocycles. The van der Waals surface area contributed by atoms with Crippen molar-refractivity contribution in [1.82, 2.24) is 19.4 Å². The van der Waals surface area contributed by atoms with Crippen molar-refractivity contribution >= 4 is 11.8 Å². The van der Waals surface area contributed by atoms with Gasteiger partial charge in [-0.1, -0.05) is 6.92 Å². The van der Waals surface area contributed by atoms with Crippen LogP contribution in [0.1, 0.15) is 32.0 Å². The summed E-state index contributed by atoms with van der Waals surface area (Å²) in [5.41, 5.74) is 0. The summed E-state index contributed by atoms with van der Waals surface area (Å²) in [6, 6.07) is -0.584. The van der Waals surface area contributed by atoms with Crippen LogP contribution in [0.4, 0.5) is 0 Å². The molecule has 0 N–H and O–H groups in total. The monoisotopic (exact) mass is 276 g/mol. The van der Waals surface area contributed by atoms with E-state index in [0.717, 1.165) is 25.2 Å². The second kappa shape index (κ2) is 4.92. The molecule has 20 heavy (non-hydrogen) atoms. The van der Waals surface area contributed by atoms with E-state index < -0.39 is 0 Å². The van der Waals surface area contributed by atoms with Gasteiger partial charge in [0.15, 0.2) is 0 Å². The average molecular weight is 276 g/mol. The fraction of sp³-hybridized carbons (Fsp3) is 0.643. The van der Waals surface area contributed by atoms with Crippen molar-refractivity contribution in [3.63, 3.8) is 0 Å². The van der Waals surface area contributed by atoms with Crippen LogP contribution in [0.2, 0.25) is 0 Å². The van der Waals surface area contributed by atoms with Gasteiger partial charge < -0.3 is 14.4 Å². The van der Waals surface area contributed by atoms with E-state index >= 15 is 0 Å². The molecule has 2 atom stereocenters. The van der Waals surface area contributed by atoms with Crippen molar-refractivity contribution in [3.05, 3.63) is 18.2 Å². The first kappa shape index (κ1) is 13.1. The quantitative estimate of drug-likeness (QED) is 0.809. The van der Waals surface area contributed by atoms with E-state index in [1.165, 1.54) is 0 Å². The van der Waals surface area contributed by atoms with E-state index in [1.807, 2.05) is 24.7 Å². The maximum absolute atomic E-state index is 12.7. The number of imidazole rings is 1. The van der Waals surface area contributed by atoms with Crippen molar-refractivity contribution in [3.8, 4) is 0 Å². The number of fused-ring (bicyclic) bond motifs is 1. The Morgan fingerprint density at radius 2 is 2.15 bits per heavy atom. The van der Waals surface area contributed by atoms with Crippen LogP contribution in [-0.2, 0) is 23.2 Å². The average Bonchev–Trinajstić information content (AvgIpc) is 3.06. The summed E-state index contributed by atoms with van der Waals surface area (Å²) in [6.07, 6.45) is 5.94. The summed E-state index contributed by atoms with van der Waals surface area (Å²) >= 11 is 0. The number of amides is 2. The molecule has 6 nitrogen and oxygen atoms in total. The van der Waals surface area contributed by atoms with Crippen LogP contribution in [-0.4, -0.2) is 49.8 Å². The van der Waals surface area contributed by atoms with Gasteiger partial charge in [0.25, 0.3) is 0 Å². The van der Waals surface area contributed by atoms with Gasteiger partial charge in [0.2, 0.25) is 11.8 Å². The Bertz CT molecular complexity index is 539. The van der Waals surface area contributed by atoms with Crippen LogP contribution in [0.5, 0.6) is 0 Å². The van der Waals surface area contributed by atoms with Crippen molar-refractivity contribution in [2.24, 2.45) is 7.05 Å². The fourth-order valence-electron chi connectivity index (χ4n) is 3.24. The lowest BCUT2D eigenvalue weighted by molar-refractivity contribution is -0.160. The lowest BCUT2D eigenvalue weighted by Crippen LogP contribution is -2.62. The third-order valence-electron chi connectivity index (χ3n) is 4.38. The van der Waals surface area contributed by atoms with Crippen LogP contribution in [0.3, 0.4) is 0 Å². The Morgan fingerprint density at radius 1 is 1.35 bits per heavy atom. The van der Waals surface area contributed by atoms with Gasteiger partial charge >= 0.3 is 0 Å². The molecule has 108 valence electrons. The lowest BCUT2D eigenvalue weighted by Gasteiger charge is -2.41. The van der Waals surface area contributed by atoms with Crippen LogP contribution in [0, 0.1) is 0 Å². The summed E-state index contributed by atoms with van der Waals surface area (Å²) in [5.74, 6) is 0.997. The maximum atomic E-state index is 12.7. The molecule has 0 bridgehead atoms. The van der Waals surface area contributed by atoms with Gasteiger partial charge in [0.1, 0.15) is 17.9 Å². The number of carbonyl (C=O) groups is 2. The van der Waals surface area contributed by atoms with Crippen LogP contribution in [0.15, 0.2) is 12.4 Å². The van der Waals surface area contributed by atoms with E-state index in [2.05, 4.69) is 4.98 Å². The molecule has 3 rings (SSSR count). The van der Waals surface area contributed by atoms with Crippen molar-refractivity contribution in [2.45, 2.75) is 44.8 Å². The first-order valence-corrected chi connectivity index (χ1v) is 7.20. The highest BCUT2D eigenvalue weighted by molar-refractivity contribution is 5.97. The van der Waals surface area contributed by atoms with Gasteiger partial charge in [-0.2, -0.15) is 0 Å². The smallest absolute Gasteiger partial charge is 0.246 e. The Morgan fingerprint density at radius 3 is 2.80 bits per heavy atom. The number of hydrogen-bond acceptors (Lipinski definition) is 3. The molecule has 0 spiro atoms. The molecule has 2 amide bonds. The summed E-state index contributed by atoms with van der Waals surface area (Å²) in [7, 11) is 1.90. The van der Waals surface area contributed by atoms with Gasteiger partial charge in [-0.15, -0.1) is 0 Å². The molecule has 0 saturated carbocycles. The second-order valence-corrected chi connectivity index (χ2v) is 5.53. The normalized spacial score (nSPS) is 26.3. The zero-order valence-corrected chi connectivity index (χ0v) is 12.0. The third kappa shape index (κ3) is 1.90. The number of hydrogen-bond donors (Lipinski definition) is 0. The Labute approximate surface area is 118 Å². The summed E-state index contributed by atoms with van der Waals surface area (Å²) in [5, 5.41) is 0. The Hall–Kier alpha value is -1.85. The number of rotatable bonds is 3. The highest BCUT2D eigenvalue weighted by Crippen LogP contribution is 2.28. The summed E-state index contributed by atoms with van der Waals surface area (Å²) < 4.78 is 1.89. The topological polar surface area (TPSA) is 58.4 Å². The van der Waals surface area contributed by atoms with Crippen LogP contribution in [0.25, 0.3) is 0 Å². The SMILES string of the molecule is CCC1C(=O)N2CCCC2C(=O)N1Cc1nccn1C. The van der Waals surface area contributed by atoms with E-state index in [9.17, 15) is 9.59 Å². The minimum Gasteiger partial charge on any atom is -0.337 e. The Balaban J connectivity index is 1.89. The molecule has 2 fully saturated rings. The minimum atomic E-state index is -0.339. The van der Waals surface area contributed by atoms with Gasteiger partial charge in [-0.25, -0.2) is 4.98 Å². The van der Waals surface area contributed by atoms with Crippen LogP contribution >= 0.6 is 0 Å². The largest absolute Gasteiger partial charge is 0.337 e. The maximum Gasteiger partial charge on any atom is 0.246 e. The van der Waals surface area contributed by atoms with Gasteiger partial charge in [0.05, 0.1) is 6.54 Å². The van der Waals surface area contributed by atoms with Crippen molar-refractivity contribution < 1.29 is 9.59 Å². The molecule has 1 aromatic rings. The number of piperazine rings is 1. The highest BCUT2D eigenvalue weighted by atomic mass is 16.2. The molecule has 2 unspecified atom stereocenters. The molecular formula is C14H20N4O2. The first-order chi connectivity index (χ1) is 9.63. The molecule has 0 aliphatic carbocycles. The van der Waals surface area contributed by atoms with Gasteiger partial charge in [-0.3, -0.25) is 9.59 Å². The van der Waals surface area contributed by atoms with Crippen LogP contribution < -0.4 is 0 Å². The summed E-state index contributed by atoms with van der Waals surface area (Å²) in [6.45, 7) is 3.09. The van der Waals surface area contributed by atoms with Gasteiger partial charge in [-0.05, 0) is 19.3 Å². The van der Waals surface area contributed by atoms with Crippen molar-refractivity contribution in [2.75, 3.05) is 6.54 Å². The van der Waals surface area contributed by atoms with E-state index in [1.54, 1.807) is 16.0 Å². The first-order valence-electron chi connectivity index (χ1n) is 7.20. The molecule has 2 aliphatic heterocycles. The zero-order chi connectivity index (χ0) is 14.3. The molecule has 0 radical (unpaired) electrons. The number of aryl methyl sites for hydroxylation is 1. The Kier molecular flexibility index (Phi) is 3.23. The molecule has 6 heteroatoms. The lowest BCUT2D eigenvalue weighted by atomic mass is 10.0. The highest BCUT2D eigenvalue weighted by Gasteiger charge is 2.47. The molecule has 0 aromatic carbocycles. The van der Waals surface area contributed by atoms with Crippen molar-refractivity contribution in [1.29, 1.82) is 0 Å². The number of aromatic nitrogens is 2. The third-order valence-corrected chi connectivity index (χ3v) is 4.38. The zero-order valence-electron chi connectivity index (χ0n) is 12.0. The number of nitrogens with zero attached hydrogens (tertiary/aromatic N) is 4. The minimum absolute atomic E-state index is 0.0805.